The highest BCUT2D eigenvalue weighted by atomic mass is 16.6. The maximum absolute atomic E-state index is 13.2. The van der Waals surface area contributed by atoms with Crippen molar-refractivity contribution in [2.75, 3.05) is 11.9 Å². The standard InChI is InChI=1S/C23H32N4O6/c1-23(2,3)33-22(32)26-17-5-4-10-27(21(17)31)18(11-14-6-7-14)20(30)25-16(13-28)12-15-8-9-24-19(15)29/h4-5,10,13-16,18H,6-9,11-12H2,1-3H3,(H,24,29)(H,25,30)(H,26,32)/t15-,16-,18-/m0/s1. The van der Waals surface area contributed by atoms with Gasteiger partial charge in [-0.15, -0.1) is 0 Å². The van der Waals surface area contributed by atoms with Gasteiger partial charge in [-0.05, 0) is 58.1 Å². The lowest BCUT2D eigenvalue weighted by Gasteiger charge is -2.23. The van der Waals surface area contributed by atoms with E-state index in [1.54, 1.807) is 26.8 Å². The van der Waals surface area contributed by atoms with Gasteiger partial charge in [-0.25, -0.2) is 4.79 Å². The van der Waals surface area contributed by atoms with Crippen molar-refractivity contribution in [1.29, 1.82) is 0 Å². The Labute approximate surface area is 192 Å². The predicted molar refractivity (Wildman–Crippen MR) is 121 cm³/mol. The molecular formula is C23H32N4O6. The van der Waals surface area contributed by atoms with Crippen LogP contribution in [0, 0.1) is 11.8 Å². The minimum Gasteiger partial charge on any atom is -0.444 e. The fraction of sp³-hybridized carbons (Fsp3) is 0.609. The van der Waals surface area contributed by atoms with E-state index in [2.05, 4.69) is 16.0 Å². The van der Waals surface area contributed by atoms with Crippen LogP contribution in [-0.2, 0) is 19.1 Å². The number of carbonyl (C=O) groups is 4. The van der Waals surface area contributed by atoms with Gasteiger partial charge in [0.25, 0.3) is 5.56 Å². The molecule has 1 saturated heterocycles. The Morgan fingerprint density at radius 1 is 1.24 bits per heavy atom. The molecule has 0 spiro atoms. The van der Waals surface area contributed by atoms with Gasteiger partial charge >= 0.3 is 6.09 Å². The van der Waals surface area contributed by atoms with Crippen molar-refractivity contribution in [3.05, 3.63) is 28.7 Å². The summed E-state index contributed by atoms with van der Waals surface area (Å²) in [6, 6.07) is 1.35. The van der Waals surface area contributed by atoms with Crippen LogP contribution in [0.2, 0.25) is 0 Å². The lowest BCUT2D eigenvalue weighted by molar-refractivity contribution is -0.128. The number of aromatic nitrogens is 1. The molecule has 0 unspecified atom stereocenters. The van der Waals surface area contributed by atoms with E-state index in [-0.39, 0.29) is 23.9 Å². The van der Waals surface area contributed by atoms with Gasteiger partial charge in [0.15, 0.2) is 0 Å². The molecule has 3 amide bonds. The quantitative estimate of drug-likeness (QED) is 0.481. The molecule has 1 saturated carbocycles. The van der Waals surface area contributed by atoms with Crippen LogP contribution in [0.3, 0.4) is 0 Å². The number of carbonyl (C=O) groups excluding carboxylic acids is 4. The number of hydrogen-bond donors (Lipinski definition) is 3. The van der Waals surface area contributed by atoms with Gasteiger partial charge in [0.05, 0.1) is 6.04 Å². The van der Waals surface area contributed by atoms with Gasteiger partial charge in [-0.2, -0.15) is 0 Å². The first kappa shape index (κ1) is 24.5. The Hall–Kier alpha value is -3.17. The summed E-state index contributed by atoms with van der Waals surface area (Å²) >= 11 is 0. The molecule has 2 heterocycles. The molecule has 3 atom stereocenters. The van der Waals surface area contributed by atoms with Crippen molar-refractivity contribution >= 4 is 29.9 Å². The van der Waals surface area contributed by atoms with E-state index >= 15 is 0 Å². The zero-order valence-electron chi connectivity index (χ0n) is 19.3. The number of amides is 3. The maximum atomic E-state index is 13.2. The second-order valence-corrected chi connectivity index (χ2v) is 9.72. The number of ether oxygens (including phenoxy) is 1. The molecule has 1 aliphatic heterocycles. The zero-order chi connectivity index (χ0) is 24.2. The van der Waals surface area contributed by atoms with Crippen LogP contribution in [0.1, 0.15) is 58.9 Å². The Kier molecular flexibility index (Phi) is 7.55. The molecule has 10 heteroatoms. The SMILES string of the molecule is CC(C)(C)OC(=O)Nc1cccn([C@@H](CC2CC2)C(=O)N[C@H](C=O)C[C@@H]2CCNC2=O)c1=O. The lowest BCUT2D eigenvalue weighted by atomic mass is 9.98. The van der Waals surface area contributed by atoms with E-state index in [1.807, 2.05) is 0 Å². The number of nitrogens with one attached hydrogen (secondary N) is 3. The van der Waals surface area contributed by atoms with Crippen LogP contribution >= 0.6 is 0 Å². The third kappa shape index (κ3) is 6.90. The predicted octanol–water partition coefficient (Wildman–Crippen LogP) is 1.75. The molecule has 1 aliphatic carbocycles. The average Bonchev–Trinajstić information content (AvgIpc) is 3.46. The highest BCUT2D eigenvalue weighted by Gasteiger charge is 2.34. The molecule has 1 aromatic heterocycles. The van der Waals surface area contributed by atoms with Crippen LogP contribution in [0.15, 0.2) is 23.1 Å². The van der Waals surface area contributed by atoms with Crippen molar-refractivity contribution in [3.63, 3.8) is 0 Å². The fourth-order valence-corrected chi connectivity index (χ4v) is 3.88. The summed E-state index contributed by atoms with van der Waals surface area (Å²) in [5, 5.41) is 7.87. The maximum Gasteiger partial charge on any atom is 0.412 e. The summed E-state index contributed by atoms with van der Waals surface area (Å²) < 4.78 is 6.49. The van der Waals surface area contributed by atoms with Gasteiger partial charge < -0.3 is 24.7 Å². The number of rotatable bonds is 9. The first-order valence-corrected chi connectivity index (χ1v) is 11.3. The highest BCUT2D eigenvalue weighted by molar-refractivity contribution is 5.86. The van der Waals surface area contributed by atoms with Crippen molar-refractivity contribution in [3.8, 4) is 0 Å². The summed E-state index contributed by atoms with van der Waals surface area (Å²) in [6.07, 6.45) is 4.56. The Bertz CT molecular complexity index is 962. The first-order valence-electron chi connectivity index (χ1n) is 11.3. The number of nitrogens with zero attached hydrogens (tertiary/aromatic N) is 1. The van der Waals surface area contributed by atoms with Crippen molar-refractivity contribution in [1.82, 2.24) is 15.2 Å². The van der Waals surface area contributed by atoms with E-state index in [4.69, 9.17) is 4.74 Å². The van der Waals surface area contributed by atoms with Gasteiger partial charge in [0.2, 0.25) is 11.8 Å². The molecule has 10 nitrogen and oxygen atoms in total. The molecule has 0 bridgehead atoms. The van der Waals surface area contributed by atoms with E-state index < -0.39 is 35.2 Å². The Morgan fingerprint density at radius 3 is 2.55 bits per heavy atom. The van der Waals surface area contributed by atoms with Crippen molar-refractivity contribution in [2.45, 2.75) is 70.6 Å². The molecule has 0 radical (unpaired) electrons. The molecule has 180 valence electrons. The highest BCUT2D eigenvalue weighted by Crippen LogP contribution is 2.36. The minimum absolute atomic E-state index is 0.00471. The smallest absolute Gasteiger partial charge is 0.412 e. The second kappa shape index (κ2) is 10.2. The third-order valence-corrected chi connectivity index (χ3v) is 5.70. The largest absolute Gasteiger partial charge is 0.444 e. The number of anilines is 1. The number of hydrogen-bond acceptors (Lipinski definition) is 6. The molecule has 1 aromatic rings. The monoisotopic (exact) mass is 460 g/mol. The van der Waals surface area contributed by atoms with Crippen molar-refractivity contribution in [2.24, 2.45) is 11.8 Å². The topological polar surface area (TPSA) is 136 Å². The molecule has 2 fully saturated rings. The molecule has 0 aromatic carbocycles. The summed E-state index contributed by atoms with van der Waals surface area (Å²) in [6.45, 7) is 5.69. The van der Waals surface area contributed by atoms with E-state index in [9.17, 15) is 24.0 Å². The normalized spacial score (nSPS) is 19.8. The molecule has 3 rings (SSSR count). The summed E-state index contributed by atoms with van der Waals surface area (Å²) in [4.78, 5) is 61.8. The van der Waals surface area contributed by atoms with Crippen LogP contribution in [0.5, 0.6) is 0 Å². The average molecular weight is 461 g/mol. The molecule has 3 N–H and O–H groups in total. The van der Waals surface area contributed by atoms with E-state index in [0.29, 0.717) is 31.6 Å². The molecular weight excluding hydrogens is 428 g/mol. The van der Waals surface area contributed by atoms with Gasteiger partial charge in [0, 0.05) is 18.7 Å². The van der Waals surface area contributed by atoms with Crippen molar-refractivity contribution < 1.29 is 23.9 Å². The second-order valence-electron chi connectivity index (χ2n) is 9.72. The van der Waals surface area contributed by atoms with Gasteiger partial charge in [-0.1, -0.05) is 12.8 Å². The summed E-state index contributed by atoms with van der Waals surface area (Å²) in [5.41, 5.74) is -1.27. The van der Waals surface area contributed by atoms with E-state index in [0.717, 1.165) is 12.8 Å². The summed E-state index contributed by atoms with van der Waals surface area (Å²) in [7, 11) is 0. The number of pyridine rings is 1. The third-order valence-electron chi connectivity index (χ3n) is 5.70. The first-order chi connectivity index (χ1) is 15.6. The Morgan fingerprint density at radius 2 is 1.97 bits per heavy atom. The molecule has 33 heavy (non-hydrogen) atoms. The Balaban J connectivity index is 1.77. The lowest BCUT2D eigenvalue weighted by Crippen LogP contribution is -2.44. The van der Waals surface area contributed by atoms with Crippen LogP contribution in [0.25, 0.3) is 0 Å². The van der Waals surface area contributed by atoms with Gasteiger partial charge in [-0.3, -0.25) is 19.7 Å². The van der Waals surface area contributed by atoms with Crippen LogP contribution < -0.4 is 21.5 Å². The van der Waals surface area contributed by atoms with Gasteiger partial charge in [0.1, 0.15) is 23.6 Å². The van der Waals surface area contributed by atoms with E-state index in [1.165, 1.54) is 16.8 Å². The van der Waals surface area contributed by atoms with Crippen LogP contribution in [0.4, 0.5) is 10.5 Å². The minimum atomic E-state index is -0.842. The zero-order valence-corrected chi connectivity index (χ0v) is 19.3. The summed E-state index contributed by atoms with van der Waals surface area (Å²) in [5.74, 6) is -0.603. The van der Waals surface area contributed by atoms with Crippen LogP contribution in [-0.4, -0.2) is 46.9 Å². The fourth-order valence-electron chi connectivity index (χ4n) is 3.88. The number of aldehydes is 1. The molecule has 2 aliphatic rings.